The number of nitrogens with one attached hydrogen (secondary N) is 2. The Labute approximate surface area is 113 Å². The Morgan fingerprint density at radius 2 is 2.26 bits per heavy atom. The number of methoxy groups -OCH3 is 1. The minimum atomic E-state index is -0.843. The van der Waals surface area contributed by atoms with Gasteiger partial charge in [-0.3, -0.25) is 4.79 Å². The Bertz CT molecular complexity index is 416. The lowest BCUT2D eigenvalue weighted by molar-refractivity contribution is -0.132. The van der Waals surface area contributed by atoms with Gasteiger partial charge in [0.2, 0.25) is 0 Å². The maximum absolute atomic E-state index is 12.1. The summed E-state index contributed by atoms with van der Waals surface area (Å²) in [6, 6.07) is 9.31. The van der Waals surface area contributed by atoms with Gasteiger partial charge in [0.15, 0.2) is 6.10 Å². The third-order valence-corrected chi connectivity index (χ3v) is 3.39. The first-order valence-electron chi connectivity index (χ1n) is 6.43. The van der Waals surface area contributed by atoms with Crippen molar-refractivity contribution in [3.05, 3.63) is 35.9 Å². The summed E-state index contributed by atoms with van der Waals surface area (Å²) in [4.78, 5) is 12.1. The number of aliphatic hydroxyl groups is 1. The molecule has 1 fully saturated rings. The molecule has 0 radical (unpaired) electrons. The van der Waals surface area contributed by atoms with Crippen molar-refractivity contribution in [2.24, 2.45) is 0 Å². The Morgan fingerprint density at radius 3 is 2.84 bits per heavy atom. The van der Waals surface area contributed by atoms with Crippen LogP contribution in [0.5, 0.6) is 0 Å². The smallest absolute Gasteiger partial charge is 0.253 e. The van der Waals surface area contributed by atoms with Crippen LogP contribution in [0.3, 0.4) is 0 Å². The highest BCUT2D eigenvalue weighted by atomic mass is 16.5. The Balaban J connectivity index is 1.94. The molecule has 1 aliphatic rings. The summed E-state index contributed by atoms with van der Waals surface area (Å²) in [7, 11) is 1.50. The van der Waals surface area contributed by atoms with Gasteiger partial charge in [0.05, 0.1) is 5.60 Å². The summed E-state index contributed by atoms with van der Waals surface area (Å²) in [6.45, 7) is 1.53. The first kappa shape index (κ1) is 14.0. The third-order valence-electron chi connectivity index (χ3n) is 3.39. The summed E-state index contributed by atoms with van der Waals surface area (Å²) in [5.74, 6) is -0.228. The number of β-amino-alcohol motifs (C(OH)–C–C–N with tert-alkyl or cyclic N) is 1. The highest BCUT2D eigenvalue weighted by molar-refractivity contribution is 5.82. The summed E-state index contributed by atoms with van der Waals surface area (Å²) in [5, 5.41) is 16.0. The van der Waals surface area contributed by atoms with Gasteiger partial charge < -0.3 is 20.5 Å². The van der Waals surface area contributed by atoms with Gasteiger partial charge in [-0.2, -0.15) is 0 Å². The van der Waals surface area contributed by atoms with Crippen LogP contribution < -0.4 is 10.6 Å². The topological polar surface area (TPSA) is 70.6 Å². The molecule has 1 amide bonds. The van der Waals surface area contributed by atoms with Crippen LogP contribution in [0.1, 0.15) is 18.1 Å². The fourth-order valence-corrected chi connectivity index (χ4v) is 2.25. The molecule has 0 bridgehead atoms. The quantitative estimate of drug-likeness (QED) is 0.711. The molecule has 3 N–H and O–H groups in total. The Morgan fingerprint density at radius 1 is 1.53 bits per heavy atom. The molecule has 2 rings (SSSR count). The molecule has 0 saturated carbocycles. The normalized spacial score (nSPS) is 24.1. The van der Waals surface area contributed by atoms with E-state index in [-0.39, 0.29) is 12.5 Å². The zero-order valence-electron chi connectivity index (χ0n) is 11.1. The number of ether oxygens (including phenoxy) is 1. The van der Waals surface area contributed by atoms with Crippen LogP contribution in [0.15, 0.2) is 30.3 Å². The van der Waals surface area contributed by atoms with E-state index in [1.807, 2.05) is 30.3 Å². The fraction of sp³-hybridized carbons (Fsp3) is 0.500. The minimum absolute atomic E-state index is 0.228. The Kier molecular flexibility index (Phi) is 4.52. The molecule has 0 aliphatic carbocycles. The molecule has 1 saturated heterocycles. The average Bonchev–Trinajstić information content (AvgIpc) is 2.86. The molecule has 5 heteroatoms. The molecule has 19 heavy (non-hydrogen) atoms. The van der Waals surface area contributed by atoms with Crippen molar-refractivity contribution in [2.75, 3.05) is 26.7 Å². The molecule has 1 aromatic rings. The SMILES string of the molecule is COC(C(=O)NCC1(O)CCNC1)c1ccccc1. The zero-order chi connectivity index (χ0) is 13.7. The van der Waals surface area contributed by atoms with E-state index in [4.69, 9.17) is 4.74 Å². The first-order chi connectivity index (χ1) is 9.14. The van der Waals surface area contributed by atoms with E-state index in [0.717, 1.165) is 12.1 Å². The van der Waals surface area contributed by atoms with E-state index in [1.54, 1.807) is 0 Å². The van der Waals surface area contributed by atoms with Crippen LogP contribution >= 0.6 is 0 Å². The highest BCUT2D eigenvalue weighted by Gasteiger charge is 2.32. The monoisotopic (exact) mass is 264 g/mol. The second-order valence-corrected chi connectivity index (χ2v) is 4.90. The molecule has 1 heterocycles. The lowest BCUT2D eigenvalue weighted by atomic mass is 10.0. The van der Waals surface area contributed by atoms with Crippen LogP contribution in [0.4, 0.5) is 0 Å². The lowest BCUT2D eigenvalue weighted by Gasteiger charge is -2.23. The molecule has 0 aromatic heterocycles. The molecule has 104 valence electrons. The van der Waals surface area contributed by atoms with Gasteiger partial charge in [0, 0.05) is 20.2 Å². The molecule has 0 spiro atoms. The van der Waals surface area contributed by atoms with Crippen LogP contribution in [-0.4, -0.2) is 43.4 Å². The van der Waals surface area contributed by atoms with Crippen molar-refractivity contribution >= 4 is 5.91 Å². The van der Waals surface area contributed by atoms with E-state index >= 15 is 0 Å². The lowest BCUT2D eigenvalue weighted by Crippen LogP contribution is -2.45. The highest BCUT2D eigenvalue weighted by Crippen LogP contribution is 2.17. The van der Waals surface area contributed by atoms with Gasteiger partial charge in [-0.25, -0.2) is 0 Å². The van der Waals surface area contributed by atoms with Gasteiger partial charge >= 0.3 is 0 Å². The number of rotatable bonds is 5. The van der Waals surface area contributed by atoms with E-state index < -0.39 is 11.7 Å². The van der Waals surface area contributed by atoms with Gasteiger partial charge in [-0.05, 0) is 18.5 Å². The summed E-state index contributed by atoms with van der Waals surface area (Å²) in [5.41, 5.74) is -0.0380. The predicted molar refractivity (Wildman–Crippen MR) is 71.6 cm³/mol. The van der Waals surface area contributed by atoms with E-state index in [0.29, 0.717) is 13.0 Å². The van der Waals surface area contributed by atoms with Crippen molar-refractivity contribution in [1.82, 2.24) is 10.6 Å². The summed E-state index contributed by atoms with van der Waals surface area (Å²) in [6.07, 6.45) is 0.00941. The maximum atomic E-state index is 12.1. The van der Waals surface area contributed by atoms with Crippen molar-refractivity contribution in [2.45, 2.75) is 18.1 Å². The molecule has 1 aliphatic heterocycles. The molecule has 1 aromatic carbocycles. The number of carbonyl (C=O) groups is 1. The standard InChI is InChI=1S/C14H20N2O3/c1-19-12(11-5-3-2-4-6-11)13(17)16-10-14(18)7-8-15-9-14/h2-6,12,15,18H,7-10H2,1H3,(H,16,17). The maximum Gasteiger partial charge on any atom is 0.253 e. The largest absolute Gasteiger partial charge is 0.387 e. The first-order valence-corrected chi connectivity index (χ1v) is 6.43. The van der Waals surface area contributed by atoms with Gasteiger partial charge in [-0.15, -0.1) is 0 Å². The number of carbonyl (C=O) groups excluding carboxylic acids is 1. The fourth-order valence-electron chi connectivity index (χ4n) is 2.25. The van der Waals surface area contributed by atoms with Crippen LogP contribution in [0.2, 0.25) is 0 Å². The van der Waals surface area contributed by atoms with Gasteiger partial charge in [0.25, 0.3) is 5.91 Å². The molecule has 5 nitrogen and oxygen atoms in total. The predicted octanol–water partition coefficient (Wildman–Crippen LogP) is 0.215. The van der Waals surface area contributed by atoms with Crippen molar-refractivity contribution < 1.29 is 14.6 Å². The van der Waals surface area contributed by atoms with Gasteiger partial charge in [0.1, 0.15) is 0 Å². The number of hydrogen-bond donors (Lipinski definition) is 3. The second-order valence-electron chi connectivity index (χ2n) is 4.90. The van der Waals surface area contributed by atoms with Crippen molar-refractivity contribution in [3.63, 3.8) is 0 Å². The molecule has 2 unspecified atom stereocenters. The van der Waals surface area contributed by atoms with Crippen LogP contribution in [0.25, 0.3) is 0 Å². The number of amides is 1. The van der Waals surface area contributed by atoms with Crippen LogP contribution in [-0.2, 0) is 9.53 Å². The summed E-state index contributed by atoms with van der Waals surface area (Å²) >= 11 is 0. The minimum Gasteiger partial charge on any atom is -0.387 e. The second kappa shape index (κ2) is 6.14. The van der Waals surface area contributed by atoms with Crippen molar-refractivity contribution in [1.29, 1.82) is 0 Å². The zero-order valence-corrected chi connectivity index (χ0v) is 11.1. The number of benzene rings is 1. The molecular weight excluding hydrogens is 244 g/mol. The van der Waals surface area contributed by atoms with E-state index in [1.165, 1.54) is 7.11 Å². The average molecular weight is 264 g/mol. The molecule has 2 atom stereocenters. The van der Waals surface area contributed by atoms with Gasteiger partial charge in [-0.1, -0.05) is 30.3 Å². The number of hydrogen-bond acceptors (Lipinski definition) is 4. The van der Waals surface area contributed by atoms with E-state index in [9.17, 15) is 9.90 Å². The molecular formula is C14H20N2O3. The van der Waals surface area contributed by atoms with Crippen molar-refractivity contribution in [3.8, 4) is 0 Å². The third kappa shape index (κ3) is 3.53. The summed E-state index contributed by atoms with van der Waals surface area (Å²) < 4.78 is 5.24. The Hall–Kier alpha value is -1.43. The van der Waals surface area contributed by atoms with E-state index in [2.05, 4.69) is 10.6 Å². The van der Waals surface area contributed by atoms with Crippen LogP contribution in [0, 0.1) is 0 Å².